The molecule has 0 atom stereocenters. The maximum Gasteiger partial charge on any atom is 0.263 e. The second-order valence-corrected chi connectivity index (χ2v) is 7.36. The van der Waals surface area contributed by atoms with E-state index >= 15 is 0 Å². The molecule has 2 rings (SSSR count). The van der Waals surface area contributed by atoms with Gasteiger partial charge in [-0.2, -0.15) is 0 Å². The summed E-state index contributed by atoms with van der Waals surface area (Å²) >= 11 is 1.55. The van der Waals surface area contributed by atoms with E-state index in [0.717, 1.165) is 54.7 Å². The predicted octanol–water partition coefficient (Wildman–Crippen LogP) is 2.12. The van der Waals surface area contributed by atoms with Gasteiger partial charge in [0, 0.05) is 6.54 Å². The van der Waals surface area contributed by atoms with Crippen LogP contribution >= 0.6 is 11.3 Å². The van der Waals surface area contributed by atoms with Crippen LogP contribution in [0.2, 0.25) is 0 Å². The molecular formula is C16H28N4OS. The lowest BCUT2D eigenvalue weighted by Crippen LogP contribution is -2.29. The molecule has 1 aliphatic heterocycles. The van der Waals surface area contributed by atoms with Gasteiger partial charge in [-0.25, -0.2) is 4.98 Å². The van der Waals surface area contributed by atoms with Crippen molar-refractivity contribution in [1.82, 2.24) is 20.1 Å². The van der Waals surface area contributed by atoms with E-state index in [1.807, 2.05) is 21.0 Å². The standard InChI is InChI=1S/C16H28N4OS/c1-13-15(16(21)17-8-7-9-19(2)3)22-14(18-13)12-20-10-5-4-6-11-20/h4-12H2,1-3H3,(H,17,21). The van der Waals surface area contributed by atoms with E-state index in [1.165, 1.54) is 19.3 Å². The minimum absolute atomic E-state index is 0.0265. The summed E-state index contributed by atoms with van der Waals surface area (Å²) in [6.07, 6.45) is 4.87. The van der Waals surface area contributed by atoms with Crippen LogP contribution in [0.1, 0.15) is 46.1 Å². The third-order valence-corrected chi connectivity index (χ3v) is 5.06. The minimum Gasteiger partial charge on any atom is -0.351 e. The second kappa shape index (κ2) is 8.60. The summed E-state index contributed by atoms with van der Waals surface area (Å²) < 4.78 is 0. The van der Waals surface area contributed by atoms with E-state index in [4.69, 9.17) is 0 Å². The Labute approximate surface area is 137 Å². The molecule has 5 nitrogen and oxygen atoms in total. The fraction of sp³-hybridized carbons (Fsp3) is 0.750. The first-order chi connectivity index (χ1) is 10.6. The molecule has 1 N–H and O–H groups in total. The zero-order valence-corrected chi connectivity index (χ0v) is 14.8. The van der Waals surface area contributed by atoms with Gasteiger partial charge in [0.1, 0.15) is 9.88 Å². The zero-order valence-electron chi connectivity index (χ0n) is 14.0. The van der Waals surface area contributed by atoms with Crippen LogP contribution < -0.4 is 5.32 Å². The van der Waals surface area contributed by atoms with Gasteiger partial charge in [-0.1, -0.05) is 6.42 Å². The van der Waals surface area contributed by atoms with Gasteiger partial charge in [0.2, 0.25) is 0 Å². The van der Waals surface area contributed by atoms with Crippen molar-refractivity contribution in [2.24, 2.45) is 0 Å². The lowest BCUT2D eigenvalue weighted by atomic mass is 10.1. The average molecular weight is 324 g/mol. The molecule has 1 aromatic heterocycles. The highest BCUT2D eigenvalue weighted by Crippen LogP contribution is 2.21. The number of likely N-dealkylation sites (tertiary alicyclic amines) is 1. The fourth-order valence-corrected chi connectivity index (χ4v) is 3.74. The quantitative estimate of drug-likeness (QED) is 0.781. The normalized spacial score (nSPS) is 16.2. The number of carbonyl (C=O) groups is 1. The van der Waals surface area contributed by atoms with Crippen LogP contribution in [0.5, 0.6) is 0 Å². The summed E-state index contributed by atoms with van der Waals surface area (Å²) in [5, 5.41) is 4.07. The monoisotopic (exact) mass is 324 g/mol. The maximum absolute atomic E-state index is 12.2. The summed E-state index contributed by atoms with van der Waals surface area (Å²) in [5.74, 6) is 0.0265. The van der Waals surface area contributed by atoms with Crippen molar-refractivity contribution in [3.63, 3.8) is 0 Å². The summed E-state index contributed by atoms with van der Waals surface area (Å²) in [5.41, 5.74) is 0.863. The van der Waals surface area contributed by atoms with Crippen LogP contribution in [0.15, 0.2) is 0 Å². The Morgan fingerprint density at radius 2 is 2.05 bits per heavy atom. The number of carbonyl (C=O) groups excluding carboxylic acids is 1. The number of nitrogens with one attached hydrogen (secondary N) is 1. The van der Waals surface area contributed by atoms with Crippen molar-refractivity contribution in [3.05, 3.63) is 15.6 Å². The number of amides is 1. The average Bonchev–Trinajstić information content (AvgIpc) is 2.85. The fourth-order valence-electron chi connectivity index (χ4n) is 2.72. The predicted molar refractivity (Wildman–Crippen MR) is 91.5 cm³/mol. The molecule has 0 saturated carbocycles. The minimum atomic E-state index is 0.0265. The highest BCUT2D eigenvalue weighted by molar-refractivity contribution is 7.13. The first-order valence-corrected chi connectivity index (χ1v) is 8.99. The Kier molecular flexibility index (Phi) is 6.79. The van der Waals surface area contributed by atoms with Crippen molar-refractivity contribution in [1.29, 1.82) is 0 Å². The number of aromatic nitrogens is 1. The van der Waals surface area contributed by atoms with E-state index in [0.29, 0.717) is 0 Å². The number of aryl methyl sites for hydroxylation is 1. The van der Waals surface area contributed by atoms with Crippen molar-refractivity contribution < 1.29 is 4.79 Å². The van der Waals surface area contributed by atoms with Crippen LogP contribution in [-0.4, -0.2) is 61.0 Å². The van der Waals surface area contributed by atoms with Gasteiger partial charge in [0.05, 0.1) is 12.2 Å². The van der Waals surface area contributed by atoms with E-state index in [9.17, 15) is 4.79 Å². The van der Waals surface area contributed by atoms with Crippen molar-refractivity contribution in [2.75, 3.05) is 40.3 Å². The Morgan fingerprint density at radius 1 is 1.32 bits per heavy atom. The van der Waals surface area contributed by atoms with E-state index < -0.39 is 0 Å². The maximum atomic E-state index is 12.2. The summed E-state index contributed by atoms with van der Waals surface area (Å²) in [4.78, 5) is 22.2. The van der Waals surface area contributed by atoms with Gasteiger partial charge in [-0.3, -0.25) is 9.69 Å². The number of hydrogen-bond acceptors (Lipinski definition) is 5. The SMILES string of the molecule is Cc1nc(CN2CCCCC2)sc1C(=O)NCCCN(C)C. The van der Waals surface area contributed by atoms with Crippen molar-refractivity contribution >= 4 is 17.2 Å². The van der Waals surface area contributed by atoms with Crippen LogP contribution in [0.3, 0.4) is 0 Å². The van der Waals surface area contributed by atoms with E-state index in [1.54, 1.807) is 11.3 Å². The van der Waals surface area contributed by atoms with Crippen molar-refractivity contribution in [3.8, 4) is 0 Å². The molecule has 6 heteroatoms. The van der Waals surface area contributed by atoms with Crippen LogP contribution in [0, 0.1) is 6.92 Å². The van der Waals surface area contributed by atoms with Gasteiger partial charge in [0.25, 0.3) is 5.91 Å². The molecular weight excluding hydrogens is 296 g/mol. The first-order valence-electron chi connectivity index (χ1n) is 8.18. The molecule has 1 amide bonds. The molecule has 124 valence electrons. The van der Waals surface area contributed by atoms with Gasteiger partial charge in [-0.15, -0.1) is 11.3 Å². The topological polar surface area (TPSA) is 48.5 Å². The smallest absolute Gasteiger partial charge is 0.263 e. The molecule has 1 fully saturated rings. The Hall–Kier alpha value is -0.980. The summed E-state index contributed by atoms with van der Waals surface area (Å²) in [6, 6.07) is 0. The summed E-state index contributed by atoms with van der Waals surface area (Å²) in [7, 11) is 4.09. The molecule has 0 radical (unpaired) electrons. The molecule has 0 bridgehead atoms. The Balaban J connectivity index is 1.84. The van der Waals surface area contributed by atoms with Gasteiger partial charge in [-0.05, 0) is 59.9 Å². The Morgan fingerprint density at radius 3 is 2.73 bits per heavy atom. The lowest BCUT2D eigenvalue weighted by molar-refractivity contribution is 0.0955. The molecule has 2 heterocycles. The highest BCUT2D eigenvalue weighted by atomic mass is 32.1. The Bertz CT molecular complexity index is 480. The number of hydrogen-bond donors (Lipinski definition) is 1. The molecule has 0 spiro atoms. The van der Waals surface area contributed by atoms with Gasteiger partial charge >= 0.3 is 0 Å². The second-order valence-electron chi connectivity index (χ2n) is 6.27. The first kappa shape index (κ1) is 17.4. The number of piperidine rings is 1. The third kappa shape index (κ3) is 5.34. The third-order valence-electron chi connectivity index (χ3n) is 3.92. The van der Waals surface area contributed by atoms with Crippen LogP contribution in [-0.2, 0) is 6.54 Å². The zero-order chi connectivity index (χ0) is 15.9. The van der Waals surface area contributed by atoms with Crippen molar-refractivity contribution in [2.45, 2.75) is 39.2 Å². The number of rotatable bonds is 7. The van der Waals surface area contributed by atoms with Gasteiger partial charge < -0.3 is 10.2 Å². The van der Waals surface area contributed by atoms with Crippen LogP contribution in [0.25, 0.3) is 0 Å². The number of nitrogens with zero attached hydrogens (tertiary/aromatic N) is 3. The summed E-state index contributed by atoms with van der Waals surface area (Å²) in [6.45, 7) is 6.84. The molecule has 22 heavy (non-hydrogen) atoms. The lowest BCUT2D eigenvalue weighted by Gasteiger charge is -2.25. The van der Waals surface area contributed by atoms with Gasteiger partial charge in [0.15, 0.2) is 0 Å². The largest absolute Gasteiger partial charge is 0.351 e. The molecule has 1 saturated heterocycles. The molecule has 1 aromatic rings. The molecule has 0 aromatic carbocycles. The highest BCUT2D eigenvalue weighted by Gasteiger charge is 2.17. The van der Waals surface area contributed by atoms with E-state index in [2.05, 4.69) is 20.1 Å². The molecule has 0 unspecified atom stereocenters. The van der Waals surface area contributed by atoms with E-state index in [-0.39, 0.29) is 5.91 Å². The van der Waals surface area contributed by atoms with Crippen LogP contribution in [0.4, 0.5) is 0 Å². The number of thiazole rings is 1. The molecule has 1 aliphatic rings. The molecule has 0 aliphatic carbocycles.